The van der Waals surface area contributed by atoms with Crippen molar-refractivity contribution in [2.75, 3.05) is 13.7 Å². The molecule has 21 heavy (non-hydrogen) atoms. The van der Waals surface area contributed by atoms with E-state index in [4.69, 9.17) is 17.0 Å². The van der Waals surface area contributed by atoms with Crippen LogP contribution in [0.5, 0.6) is 11.5 Å². The van der Waals surface area contributed by atoms with Crippen molar-refractivity contribution in [2.45, 2.75) is 0 Å². The van der Waals surface area contributed by atoms with Gasteiger partial charge in [0.15, 0.2) is 11.5 Å². The van der Waals surface area contributed by atoms with Gasteiger partial charge >= 0.3 is 0 Å². The first-order valence-electron chi connectivity index (χ1n) is 5.90. The maximum Gasteiger partial charge on any atom is 0.266 e. The van der Waals surface area contributed by atoms with Crippen LogP contribution in [0.1, 0.15) is 5.56 Å². The van der Waals surface area contributed by atoms with E-state index in [0.717, 1.165) is 5.56 Å². The summed E-state index contributed by atoms with van der Waals surface area (Å²) in [5, 5.41) is 9.69. The standard InChI is InChI=1S/C14H12BrNO3S2/c1-3-4-16-13(18)12(21-14(16)20)6-8-5-11(19-2)10(17)7-9(8)15/h3,5-7,17H,1,4H2,2H3/b12-6+. The topological polar surface area (TPSA) is 49.8 Å². The van der Waals surface area contributed by atoms with Gasteiger partial charge in [-0.3, -0.25) is 9.69 Å². The molecule has 1 heterocycles. The van der Waals surface area contributed by atoms with Crippen molar-refractivity contribution in [1.29, 1.82) is 0 Å². The second kappa shape index (κ2) is 6.64. The van der Waals surface area contributed by atoms with Crippen LogP contribution in [-0.4, -0.2) is 33.9 Å². The molecule has 0 unspecified atom stereocenters. The number of carbonyl (C=O) groups excluding carboxylic acids is 1. The molecule has 110 valence electrons. The van der Waals surface area contributed by atoms with Crippen molar-refractivity contribution in [1.82, 2.24) is 4.90 Å². The third-order valence-corrected chi connectivity index (χ3v) is 4.83. The smallest absolute Gasteiger partial charge is 0.266 e. The molecule has 1 aliphatic heterocycles. The number of phenolic OH excluding ortho intramolecular Hbond substituents is 1. The molecule has 4 nitrogen and oxygen atoms in total. The van der Waals surface area contributed by atoms with E-state index in [1.54, 1.807) is 18.2 Å². The van der Waals surface area contributed by atoms with Crippen molar-refractivity contribution >= 4 is 56.2 Å². The van der Waals surface area contributed by atoms with Crippen LogP contribution in [0.15, 0.2) is 34.2 Å². The third kappa shape index (κ3) is 3.30. The molecule has 1 fully saturated rings. The first-order valence-corrected chi connectivity index (χ1v) is 7.92. The zero-order valence-electron chi connectivity index (χ0n) is 11.1. The predicted molar refractivity (Wildman–Crippen MR) is 92.4 cm³/mol. The zero-order chi connectivity index (χ0) is 15.6. The van der Waals surface area contributed by atoms with Gasteiger partial charge in [-0.15, -0.1) is 6.58 Å². The van der Waals surface area contributed by atoms with Gasteiger partial charge in [0.25, 0.3) is 5.91 Å². The average Bonchev–Trinajstić information content (AvgIpc) is 2.70. The van der Waals surface area contributed by atoms with E-state index >= 15 is 0 Å². The molecule has 1 aliphatic rings. The van der Waals surface area contributed by atoms with E-state index in [1.165, 1.54) is 29.8 Å². The minimum atomic E-state index is -0.149. The number of hydrogen-bond donors (Lipinski definition) is 1. The lowest BCUT2D eigenvalue weighted by Gasteiger charge is -2.10. The van der Waals surface area contributed by atoms with Gasteiger partial charge in [-0.25, -0.2) is 0 Å². The molecule has 2 rings (SSSR count). The summed E-state index contributed by atoms with van der Waals surface area (Å²) < 4.78 is 6.24. The van der Waals surface area contributed by atoms with Gasteiger partial charge in [0.1, 0.15) is 4.32 Å². The van der Waals surface area contributed by atoms with Crippen LogP contribution in [0.25, 0.3) is 6.08 Å². The summed E-state index contributed by atoms with van der Waals surface area (Å²) in [5.41, 5.74) is 0.726. The number of methoxy groups -OCH3 is 1. The first-order chi connectivity index (χ1) is 9.97. The highest BCUT2D eigenvalue weighted by Gasteiger charge is 2.31. The van der Waals surface area contributed by atoms with Gasteiger partial charge in [-0.05, 0) is 23.8 Å². The number of phenols is 1. The fourth-order valence-electron chi connectivity index (χ4n) is 1.76. The number of hydrogen-bond acceptors (Lipinski definition) is 5. The fraction of sp³-hybridized carbons (Fsp3) is 0.143. The summed E-state index contributed by atoms with van der Waals surface area (Å²) in [4.78, 5) is 14.3. The number of amides is 1. The molecule has 0 aliphatic carbocycles. The van der Waals surface area contributed by atoms with Crippen LogP contribution in [0, 0.1) is 0 Å². The van der Waals surface area contributed by atoms with E-state index in [-0.39, 0.29) is 11.7 Å². The largest absolute Gasteiger partial charge is 0.504 e. The lowest BCUT2D eigenvalue weighted by molar-refractivity contribution is -0.121. The Morgan fingerprint density at radius 1 is 1.57 bits per heavy atom. The molecular formula is C14H12BrNO3S2. The average molecular weight is 386 g/mol. The lowest BCUT2D eigenvalue weighted by atomic mass is 10.2. The number of thioether (sulfide) groups is 1. The molecule has 1 aromatic rings. The molecule has 1 aromatic carbocycles. The van der Waals surface area contributed by atoms with Gasteiger partial charge in [0.05, 0.1) is 12.0 Å². The molecule has 0 saturated carbocycles. The minimum Gasteiger partial charge on any atom is -0.504 e. The Hall–Kier alpha value is -1.31. The van der Waals surface area contributed by atoms with Gasteiger partial charge in [0.2, 0.25) is 0 Å². The maximum absolute atomic E-state index is 12.2. The van der Waals surface area contributed by atoms with E-state index in [0.29, 0.717) is 26.0 Å². The summed E-state index contributed by atoms with van der Waals surface area (Å²) in [5.74, 6) is 0.218. The van der Waals surface area contributed by atoms with Crippen LogP contribution in [0.3, 0.4) is 0 Å². The highest BCUT2D eigenvalue weighted by molar-refractivity contribution is 9.10. The van der Waals surface area contributed by atoms with Gasteiger partial charge in [0, 0.05) is 11.0 Å². The van der Waals surface area contributed by atoms with Crippen molar-refractivity contribution in [3.8, 4) is 11.5 Å². The number of ether oxygens (including phenoxy) is 1. The number of halogens is 1. The molecule has 0 atom stereocenters. The molecule has 1 N–H and O–H groups in total. The van der Waals surface area contributed by atoms with Crippen LogP contribution in [-0.2, 0) is 4.79 Å². The van der Waals surface area contributed by atoms with E-state index in [2.05, 4.69) is 22.5 Å². The van der Waals surface area contributed by atoms with Crippen molar-refractivity contribution in [2.24, 2.45) is 0 Å². The summed E-state index contributed by atoms with van der Waals surface area (Å²) in [6.45, 7) is 4.01. The highest BCUT2D eigenvalue weighted by atomic mass is 79.9. The Kier molecular flexibility index (Phi) is 5.08. The molecule has 0 spiro atoms. The van der Waals surface area contributed by atoms with Gasteiger partial charge < -0.3 is 9.84 Å². The lowest BCUT2D eigenvalue weighted by Crippen LogP contribution is -2.27. The maximum atomic E-state index is 12.2. The quantitative estimate of drug-likeness (QED) is 0.487. The van der Waals surface area contributed by atoms with E-state index < -0.39 is 0 Å². The number of rotatable bonds is 4. The van der Waals surface area contributed by atoms with E-state index in [1.807, 2.05) is 0 Å². The number of carbonyl (C=O) groups is 1. The van der Waals surface area contributed by atoms with Crippen molar-refractivity contribution in [3.05, 3.63) is 39.7 Å². The molecule has 1 saturated heterocycles. The SMILES string of the molecule is C=CCN1C(=O)/C(=C\c2cc(OC)c(O)cc2Br)SC1=S. The van der Waals surface area contributed by atoms with Crippen LogP contribution in [0.4, 0.5) is 0 Å². The Labute approximate surface area is 140 Å². The minimum absolute atomic E-state index is 0.0285. The highest BCUT2D eigenvalue weighted by Crippen LogP contribution is 2.37. The summed E-state index contributed by atoms with van der Waals surface area (Å²) in [6, 6.07) is 3.18. The predicted octanol–water partition coefficient (Wildman–Crippen LogP) is 3.55. The molecule has 1 amide bonds. The Morgan fingerprint density at radius 3 is 2.90 bits per heavy atom. The number of benzene rings is 1. The number of nitrogens with zero attached hydrogens (tertiary/aromatic N) is 1. The van der Waals surface area contributed by atoms with E-state index in [9.17, 15) is 9.90 Å². The van der Waals surface area contributed by atoms with Gasteiger partial charge in [-0.2, -0.15) is 0 Å². The number of thiocarbonyl (C=S) groups is 1. The van der Waals surface area contributed by atoms with Crippen molar-refractivity contribution in [3.63, 3.8) is 0 Å². The van der Waals surface area contributed by atoms with Crippen LogP contribution in [0.2, 0.25) is 0 Å². The molecular weight excluding hydrogens is 374 g/mol. The number of aromatic hydroxyl groups is 1. The summed E-state index contributed by atoms with van der Waals surface area (Å²) >= 11 is 9.78. The molecule has 0 aromatic heterocycles. The first kappa shape index (κ1) is 16.1. The second-order valence-corrected chi connectivity index (χ2v) is 6.66. The summed E-state index contributed by atoms with van der Waals surface area (Å²) in [7, 11) is 1.47. The Balaban J connectivity index is 2.39. The van der Waals surface area contributed by atoms with Crippen LogP contribution >= 0.6 is 39.9 Å². The second-order valence-electron chi connectivity index (χ2n) is 4.13. The zero-order valence-corrected chi connectivity index (χ0v) is 14.3. The monoisotopic (exact) mass is 385 g/mol. The normalized spacial score (nSPS) is 16.7. The third-order valence-electron chi connectivity index (χ3n) is 2.77. The molecule has 0 radical (unpaired) electrons. The Bertz CT molecular complexity index is 658. The van der Waals surface area contributed by atoms with Gasteiger partial charge in [-0.1, -0.05) is 46.0 Å². The summed E-state index contributed by atoms with van der Waals surface area (Å²) in [6.07, 6.45) is 3.35. The van der Waals surface area contributed by atoms with Crippen molar-refractivity contribution < 1.29 is 14.6 Å². The fourth-order valence-corrected chi connectivity index (χ4v) is 3.47. The molecule has 7 heteroatoms. The van der Waals surface area contributed by atoms with Crippen LogP contribution < -0.4 is 4.74 Å². The Morgan fingerprint density at radius 2 is 2.29 bits per heavy atom. The molecule has 0 bridgehead atoms.